The van der Waals surface area contributed by atoms with Gasteiger partial charge in [0.25, 0.3) is 0 Å². The van der Waals surface area contributed by atoms with Gasteiger partial charge in [-0.25, -0.2) is 8.42 Å². The predicted octanol–water partition coefficient (Wildman–Crippen LogP) is 3.10. The topological polar surface area (TPSA) is 102 Å². The lowest BCUT2D eigenvalue weighted by Gasteiger charge is -2.29. The fraction of sp³-hybridized carbons (Fsp3) is 0.579. The molecule has 4 rings (SSSR count). The number of rotatable bonds is 4. The van der Waals surface area contributed by atoms with Crippen LogP contribution in [0.15, 0.2) is 33.7 Å². The summed E-state index contributed by atoms with van der Waals surface area (Å²) in [6.45, 7) is 2.84. The van der Waals surface area contributed by atoms with Crippen molar-refractivity contribution in [2.45, 2.75) is 61.8 Å². The predicted molar refractivity (Wildman–Crippen MR) is 108 cm³/mol. The Labute approximate surface area is 172 Å². The van der Waals surface area contributed by atoms with Gasteiger partial charge in [-0.05, 0) is 44.7 Å². The van der Waals surface area contributed by atoms with Crippen molar-refractivity contribution in [3.05, 3.63) is 41.5 Å². The van der Waals surface area contributed by atoms with Crippen LogP contribution in [0.1, 0.15) is 61.7 Å². The van der Waals surface area contributed by atoms with Crippen LogP contribution in [0.3, 0.4) is 0 Å². The van der Waals surface area contributed by atoms with Gasteiger partial charge in [0, 0.05) is 19.0 Å². The fourth-order valence-corrected chi connectivity index (χ4v) is 5.50. The van der Waals surface area contributed by atoms with Crippen LogP contribution in [0, 0.1) is 6.92 Å². The van der Waals surface area contributed by atoms with Gasteiger partial charge in [0.1, 0.15) is 0 Å². The average molecular weight is 427 g/mol. The largest absolute Gasteiger partial charge is 0.339 e. The van der Waals surface area contributed by atoms with E-state index < -0.39 is 15.6 Å². The second kappa shape index (κ2) is 8.10. The number of hydrogen-bond acceptors (Lipinski definition) is 6. The van der Waals surface area contributed by atoms with E-state index in [9.17, 15) is 8.42 Å². The summed E-state index contributed by atoms with van der Waals surface area (Å²) in [6.07, 6.45) is 5.30. The van der Waals surface area contributed by atoms with Gasteiger partial charge in [-0.2, -0.15) is 9.29 Å². The molecule has 0 amide bonds. The number of aromatic nitrogens is 2. The number of sulfonamides is 1. The molecule has 0 atom stereocenters. The fourth-order valence-electron chi connectivity index (χ4n) is 4.04. The summed E-state index contributed by atoms with van der Waals surface area (Å²) >= 11 is 0. The Balaban J connectivity index is 0.00000225. The maximum Gasteiger partial charge on any atom is 0.243 e. The van der Waals surface area contributed by atoms with Gasteiger partial charge in [0.2, 0.25) is 15.9 Å². The zero-order valence-electron chi connectivity index (χ0n) is 16.0. The summed E-state index contributed by atoms with van der Waals surface area (Å²) in [5.74, 6) is 1.28. The molecule has 2 heterocycles. The van der Waals surface area contributed by atoms with E-state index in [2.05, 4.69) is 10.1 Å². The van der Waals surface area contributed by atoms with Crippen LogP contribution in [0.4, 0.5) is 0 Å². The van der Waals surface area contributed by atoms with Crippen LogP contribution in [0.2, 0.25) is 0 Å². The van der Waals surface area contributed by atoms with Gasteiger partial charge in [-0.3, -0.25) is 0 Å². The summed E-state index contributed by atoms with van der Waals surface area (Å²) in [7, 11) is -3.46. The first-order valence-electron chi connectivity index (χ1n) is 9.58. The zero-order valence-corrected chi connectivity index (χ0v) is 17.6. The van der Waals surface area contributed by atoms with E-state index in [4.69, 9.17) is 10.3 Å². The van der Waals surface area contributed by atoms with Crippen molar-refractivity contribution >= 4 is 22.4 Å². The normalized spacial score (nSPS) is 20.8. The van der Waals surface area contributed by atoms with E-state index in [1.54, 1.807) is 16.4 Å². The molecule has 2 fully saturated rings. The molecule has 154 valence electrons. The minimum Gasteiger partial charge on any atom is -0.339 e. The monoisotopic (exact) mass is 426 g/mol. The van der Waals surface area contributed by atoms with Crippen LogP contribution >= 0.6 is 12.4 Å². The van der Waals surface area contributed by atoms with E-state index in [1.807, 2.05) is 19.1 Å². The van der Waals surface area contributed by atoms with Gasteiger partial charge < -0.3 is 10.3 Å². The minimum atomic E-state index is -3.46. The third-order valence-corrected chi connectivity index (χ3v) is 7.76. The number of nitrogens with zero attached hydrogens (tertiary/aromatic N) is 3. The van der Waals surface area contributed by atoms with Gasteiger partial charge in [-0.1, -0.05) is 35.7 Å². The number of hydrogen-bond donors (Lipinski definition) is 1. The highest BCUT2D eigenvalue weighted by Crippen LogP contribution is 2.36. The highest BCUT2D eigenvalue weighted by molar-refractivity contribution is 7.89. The van der Waals surface area contributed by atoms with Crippen molar-refractivity contribution in [1.29, 1.82) is 0 Å². The number of nitrogens with two attached hydrogens (primary N) is 1. The van der Waals surface area contributed by atoms with Gasteiger partial charge in [-0.15, -0.1) is 12.4 Å². The Morgan fingerprint density at radius 1 is 1.14 bits per heavy atom. The Morgan fingerprint density at radius 2 is 1.75 bits per heavy atom. The van der Waals surface area contributed by atoms with Gasteiger partial charge >= 0.3 is 0 Å². The van der Waals surface area contributed by atoms with Crippen LogP contribution in [-0.2, 0) is 15.6 Å². The molecule has 1 saturated heterocycles. The molecule has 2 N–H and O–H groups in total. The Morgan fingerprint density at radius 3 is 2.36 bits per heavy atom. The molecular weight excluding hydrogens is 400 g/mol. The number of aryl methyl sites for hydroxylation is 1. The molecule has 1 saturated carbocycles. The summed E-state index contributed by atoms with van der Waals surface area (Å²) in [6, 6.07) is 6.99. The van der Waals surface area contributed by atoms with E-state index in [0.29, 0.717) is 42.5 Å². The van der Waals surface area contributed by atoms with Crippen molar-refractivity contribution in [3.8, 4) is 0 Å². The highest BCUT2D eigenvalue weighted by atomic mass is 35.5. The molecule has 0 bridgehead atoms. The Kier molecular flexibility index (Phi) is 6.14. The van der Waals surface area contributed by atoms with Gasteiger partial charge in [0.05, 0.1) is 10.4 Å². The molecule has 2 aliphatic rings. The molecule has 2 aromatic rings. The third kappa shape index (κ3) is 3.96. The smallest absolute Gasteiger partial charge is 0.243 e. The van der Waals surface area contributed by atoms with Crippen LogP contribution in [0.5, 0.6) is 0 Å². The van der Waals surface area contributed by atoms with Crippen molar-refractivity contribution in [2.75, 3.05) is 13.1 Å². The zero-order chi connectivity index (χ0) is 19.1. The number of piperidine rings is 1. The van der Waals surface area contributed by atoms with E-state index in [1.165, 1.54) is 0 Å². The standard InChI is InChI=1S/C19H26N4O3S.ClH/c1-14-4-6-16(7-5-14)27(24,25)23-12-8-15(9-13-23)17-21-18(22-26-17)19(20)10-2-3-11-19;/h4-7,15H,2-3,8-13,20H2,1H3;1H. The molecule has 7 nitrogen and oxygen atoms in total. The van der Waals surface area contributed by atoms with E-state index >= 15 is 0 Å². The van der Waals surface area contributed by atoms with Gasteiger partial charge in [0.15, 0.2) is 5.82 Å². The highest BCUT2D eigenvalue weighted by Gasteiger charge is 2.38. The first-order chi connectivity index (χ1) is 12.9. The first kappa shape index (κ1) is 21.2. The van der Waals surface area contributed by atoms with Crippen LogP contribution < -0.4 is 5.73 Å². The molecular formula is C19H27ClN4O3S. The third-order valence-electron chi connectivity index (χ3n) is 5.84. The number of benzene rings is 1. The lowest BCUT2D eigenvalue weighted by molar-refractivity contribution is 0.268. The maximum atomic E-state index is 12.8. The Hall–Kier alpha value is -1.48. The first-order valence-corrected chi connectivity index (χ1v) is 11.0. The summed E-state index contributed by atoms with van der Waals surface area (Å²) in [5.41, 5.74) is 6.99. The molecule has 0 spiro atoms. The second-order valence-corrected chi connectivity index (χ2v) is 9.75. The lowest BCUT2D eigenvalue weighted by atomic mass is 9.97. The van der Waals surface area contributed by atoms with Crippen LogP contribution in [-0.4, -0.2) is 36.0 Å². The minimum absolute atomic E-state index is 0. The molecule has 0 radical (unpaired) electrons. The van der Waals surface area contributed by atoms with Crippen molar-refractivity contribution in [2.24, 2.45) is 5.73 Å². The maximum absolute atomic E-state index is 12.8. The molecule has 0 unspecified atom stereocenters. The molecule has 1 aliphatic heterocycles. The second-order valence-electron chi connectivity index (χ2n) is 7.81. The summed E-state index contributed by atoms with van der Waals surface area (Å²) in [4.78, 5) is 4.92. The van der Waals surface area contributed by atoms with E-state index in [-0.39, 0.29) is 18.3 Å². The molecule has 1 aromatic heterocycles. The SMILES string of the molecule is Cc1ccc(S(=O)(=O)N2CCC(c3nc(C4(N)CCCC4)no3)CC2)cc1.Cl. The van der Waals surface area contributed by atoms with Crippen LogP contribution in [0.25, 0.3) is 0 Å². The van der Waals surface area contributed by atoms with Crippen molar-refractivity contribution in [3.63, 3.8) is 0 Å². The molecule has 1 aromatic carbocycles. The summed E-state index contributed by atoms with van der Waals surface area (Å²) in [5, 5.41) is 4.13. The Bertz CT molecular complexity index is 900. The van der Waals surface area contributed by atoms with Crippen molar-refractivity contribution < 1.29 is 12.9 Å². The quantitative estimate of drug-likeness (QED) is 0.805. The van der Waals surface area contributed by atoms with E-state index in [0.717, 1.165) is 31.2 Å². The molecule has 9 heteroatoms. The lowest BCUT2D eigenvalue weighted by Crippen LogP contribution is -2.38. The molecule has 1 aliphatic carbocycles. The van der Waals surface area contributed by atoms with Crippen molar-refractivity contribution in [1.82, 2.24) is 14.4 Å². The summed E-state index contributed by atoms with van der Waals surface area (Å²) < 4.78 is 32.7. The number of halogens is 1. The average Bonchev–Trinajstić information content (AvgIpc) is 3.32. The molecule has 28 heavy (non-hydrogen) atoms.